The van der Waals surface area contributed by atoms with E-state index in [1.54, 1.807) is 0 Å². The Balaban J connectivity index is 1.69. The molecular formula is C14H19BrO. The number of rotatable bonds is 4. The molecule has 0 amide bonds. The predicted molar refractivity (Wildman–Crippen MR) is 70.8 cm³/mol. The summed E-state index contributed by atoms with van der Waals surface area (Å²) in [6.07, 6.45) is 8.30. The molecule has 1 aromatic rings. The lowest BCUT2D eigenvalue weighted by Crippen LogP contribution is -2.10. The standard InChI is InChI=1S/C14H19BrO/c15-13-6-8-14(9-7-13)16-11-10-12-4-2-1-3-5-12/h6-9,12H,1-5,10-11H2. The van der Waals surface area contributed by atoms with Crippen LogP contribution in [0.5, 0.6) is 5.75 Å². The molecule has 16 heavy (non-hydrogen) atoms. The minimum atomic E-state index is 0.867. The molecule has 0 atom stereocenters. The summed E-state index contributed by atoms with van der Waals surface area (Å²) in [6, 6.07) is 8.09. The van der Waals surface area contributed by atoms with E-state index in [0.717, 1.165) is 22.7 Å². The number of ether oxygens (including phenoxy) is 1. The molecule has 0 aliphatic heterocycles. The van der Waals surface area contributed by atoms with Gasteiger partial charge in [-0.15, -0.1) is 0 Å². The molecule has 1 aliphatic rings. The Kier molecular flexibility index (Phi) is 4.70. The van der Waals surface area contributed by atoms with Crippen LogP contribution in [0.25, 0.3) is 0 Å². The van der Waals surface area contributed by atoms with Crippen LogP contribution in [0.1, 0.15) is 38.5 Å². The SMILES string of the molecule is Brc1ccc(OCCC2CCCCC2)cc1. The van der Waals surface area contributed by atoms with Crippen LogP contribution in [-0.4, -0.2) is 6.61 Å². The molecule has 2 rings (SSSR count). The molecule has 1 aliphatic carbocycles. The summed E-state index contributed by atoms with van der Waals surface area (Å²) in [7, 11) is 0. The largest absolute Gasteiger partial charge is 0.494 e. The van der Waals surface area contributed by atoms with Gasteiger partial charge in [0.05, 0.1) is 6.61 Å². The second-order valence-electron chi connectivity index (χ2n) is 4.60. The Morgan fingerprint density at radius 3 is 2.44 bits per heavy atom. The number of halogens is 1. The first-order valence-corrected chi connectivity index (χ1v) is 7.02. The lowest BCUT2D eigenvalue weighted by atomic mass is 9.87. The van der Waals surface area contributed by atoms with Crippen molar-refractivity contribution in [2.75, 3.05) is 6.61 Å². The monoisotopic (exact) mass is 282 g/mol. The van der Waals surface area contributed by atoms with Crippen molar-refractivity contribution >= 4 is 15.9 Å². The molecule has 1 fully saturated rings. The van der Waals surface area contributed by atoms with Crippen LogP contribution >= 0.6 is 15.9 Å². The fourth-order valence-electron chi connectivity index (χ4n) is 2.35. The van der Waals surface area contributed by atoms with Crippen LogP contribution in [-0.2, 0) is 0 Å². The molecule has 0 aromatic heterocycles. The summed E-state index contributed by atoms with van der Waals surface area (Å²) in [5.41, 5.74) is 0. The van der Waals surface area contributed by atoms with E-state index in [0.29, 0.717) is 0 Å². The number of hydrogen-bond donors (Lipinski definition) is 0. The molecule has 0 bridgehead atoms. The smallest absolute Gasteiger partial charge is 0.119 e. The third kappa shape index (κ3) is 3.82. The van der Waals surface area contributed by atoms with Crippen molar-refractivity contribution in [2.24, 2.45) is 5.92 Å². The third-order valence-electron chi connectivity index (χ3n) is 3.33. The highest BCUT2D eigenvalue weighted by Crippen LogP contribution is 2.26. The fourth-order valence-corrected chi connectivity index (χ4v) is 2.61. The highest BCUT2D eigenvalue weighted by Gasteiger charge is 2.12. The van der Waals surface area contributed by atoms with Crippen molar-refractivity contribution < 1.29 is 4.74 Å². The molecule has 0 saturated heterocycles. The van der Waals surface area contributed by atoms with Gasteiger partial charge in [-0.25, -0.2) is 0 Å². The van der Waals surface area contributed by atoms with Gasteiger partial charge in [0.2, 0.25) is 0 Å². The van der Waals surface area contributed by atoms with E-state index >= 15 is 0 Å². The Bertz CT molecular complexity index is 301. The van der Waals surface area contributed by atoms with Gasteiger partial charge in [0, 0.05) is 4.47 Å². The normalized spacial score (nSPS) is 17.3. The van der Waals surface area contributed by atoms with Gasteiger partial charge in [-0.1, -0.05) is 48.0 Å². The van der Waals surface area contributed by atoms with Crippen LogP contribution < -0.4 is 4.74 Å². The molecule has 0 spiro atoms. The lowest BCUT2D eigenvalue weighted by Gasteiger charge is -2.21. The molecule has 0 unspecified atom stereocenters. The first kappa shape index (κ1) is 12.0. The highest BCUT2D eigenvalue weighted by molar-refractivity contribution is 9.10. The molecule has 0 N–H and O–H groups in total. The second-order valence-corrected chi connectivity index (χ2v) is 5.51. The van der Waals surface area contributed by atoms with E-state index < -0.39 is 0 Å². The minimum Gasteiger partial charge on any atom is -0.494 e. The van der Waals surface area contributed by atoms with E-state index in [1.807, 2.05) is 24.3 Å². The molecule has 1 nitrogen and oxygen atoms in total. The van der Waals surface area contributed by atoms with Gasteiger partial charge in [0.15, 0.2) is 0 Å². The van der Waals surface area contributed by atoms with Crippen LogP contribution in [0.4, 0.5) is 0 Å². The lowest BCUT2D eigenvalue weighted by molar-refractivity contribution is 0.246. The van der Waals surface area contributed by atoms with E-state index in [4.69, 9.17) is 4.74 Å². The van der Waals surface area contributed by atoms with Gasteiger partial charge in [0.25, 0.3) is 0 Å². The zero-order valence-electron chi connectivity index (χ0n) is 9.62. The Morgan fingerprint density at radius 1 is 1.06 bits per heavy atom. The van der Waals surface area contributed by atoms with E-state index in [2.05, 4.69) is 15.9 Å². The summed E-state index contributed by atoms with van der Waals surface area (Å²) in [4.78, 5) is 0. The quantitative estimate of drug-likeness (QED) is 0.771. The summed E-state index contributed by atoms with van der Waals surface area (Å²) >= 11 is 3.42. The van der Waals surface area contributed by atoms with E-state index in [-0.39, 0.29) is 0 Å². The summed E-state index contributed by atoms with van der Waals surface area (Å²) in [6.45, 7) is 0.867. The van der Waals surface area contributed by atoms with Crippen LogP contribution in [0.2, 0.25) is 0 Å². The predicted octanol–water partition coefficient (Wildman–Crippen LogP) is 4.80. The highest BCUT2D eigenvalue weighted by atomic mass is 79.9. The second kappa shape index (κ2) is 6.29. The zero-order valence-corrected chi connectivity index (χ0v) is 11.2. The Hall–Kier alpha value is -0.500. The Labute approximate surface area is 106 Å². The van der Waals surface area contributed by atoms with Gasteiger partial charge in [-0.3, -0.25) is 0 Å². The van der Waals surface area contributed by atoms with Crippen molar-refractivity contribution in [3.05, 3.63) is 28.7 Å². The zero-order chi connectivity index (χ0) is 11.2. The van der Waals surface area contributed by atoms with Gasteiger partial charge in [-0.05, 0) is 36.6 Å². The topological polar surface area (TPSA) is 9.23 Å². The first-order chi connectivity index (χ1) is 7.84. The van der Waals surface area contributed by atoms with E-state index in [1.165, 1.54) is 38.5 Å². The maximum atomic E-state index is 5.74. The van der Waals surface area contributed by atoms with Gasteiger partial charge < -0.3 is 4.74 Å². The Morgan fingerprint density at radius 2 is 1.75 bits per heavy atom. The van der Waals surface area contributed by atoms with Crippen molar-refractivity contribution in [1.29, 1.82) is 0 Å². The third-order valence-corrected chi connectivity index (χ3v) is 3.86. The van der Waals surface area contributed by atoms with Crippen molar-refractivity contribution in [2.45, 2.75) is 38.5 Å². The van der Waals surface area contributed by atoms with Crippen molar-refractivity contribution in [3.63, 3.8) is 0 Å². The minimum absolute atomic E-state index is 0.867. The molecule has 1 saturated carbocycles. The fraction of sp³-hybridized carbons (Fsp3) is 0.571. The van der Waals surface area contributed by atoms with Crippen LogP contribution in [0, 0.1) is 5.92 Å². The molecule has 2 heteroatoms. The van der Waals surface area contributed by atoms with Gasteiger partial charge in [0.1, 0.15) is 5.75 Å². The van der Waals surface area contributed by atoms with Crippen LogP contribution in [0.3, 0.4) is 0 Å². The van der Waals surface area contributed by atoms with Crippen molar-refractivity contribution in [3.8, 4) is 5.75 Å². The molecule has 0 radical (unpaired) electrons. The maximum absolute atomic E-state index is 5.74. The van der Waals surface area contributed by atoms with Crippen LogP contribution in [0.15, 0.2) is 28.7 Å². The first-order valence-electron chi connectivity index (χ1n) is 6.23. The van der Waals surface area contributed by atoms with E-state index in [9.17, 15) is 0 Å². The number of benzene rings is 1. The molecule has 88 valence electrons. The van der Waals surface area contributed by atoms with Gasteiger partial charge >= 0.3 is 0 Å². The summed E-state index contributed by atoms with van der Waals surface area (Å²) in [5.74, 6) is 1.89. The molecule has 1 aromatic carbocycles. The molecule has 0 heterocycles. The van der Waals surface area contributed by atoms with Crippen molar-refractivity contribution in [1.82, 2.24) is 0 Å². The van der Waals surface area contributed by atoms with Gasteiger partial charge in [-0.2, -0.15) is 0 Å². The molecular weight excluding hydrogens is 264 g/mol. The summed E-state index contributed by atoms with van der Waals surface area (Å²) in [5, 5.41) is 0. The average molecular weight is 283 g/mol. The maximum Gasteiger partial charge on any atom is 0.119 e. The summed E-state index contributed by atoms with van der Waals surface area (Å²) < 4.78 is 6.85. The average Bonchev–Trinajstić information content (AvgIpc) is 2.33. The number of hydrogen-bond acceptors (Lipinski definition) is 1.